The van der Waals surface area contributed by atoms with E-state index < -0.39 is 6.10 Å². The summed E-state index contributed by atoms with van der Waals surface area (Å²) >= 11 is 17.8. The van der Waals surface area contributed by atoms with Gasteiger partial charge in [-0.15, -0.1) is 0 Å². The lowest BCUT2D eigenvalue weighted by atomic mass is 10.1. The Morgan fingerprint density at radius 3 is 2.40 bits per heavy atom. The highest BCUT2D eigenvalue weighted by molar-refractivity contribution is 6.36. The molecule has 0 aliphatic carbocycles. The number of rotatable bonds is 5. The summed E-state index contributed by atoms with van der Waals surface area (Å²) in [7, 11) is 0. The van der Waals surface area contributed by atoms with Gasteiger partial charge in [-0.3, -0.25) is 0 Å². The lowest BCUT2D eigenvalue weighted by Crippen LogP contribution is -2.21. The molecule has 6 heteroatoms. The van der Waals surface area contributed by atoms with Crippen molar-refractivity contribution in [2.75, 3.05) is 6.54 Å². The van der Waals surface area contributed by atoms with Gasteiger partial charge in [0, 0.05) is 34.9 Å². The van der Waals surface area contributed by atoms with Crippen molar-refractivity contribution in [2.45, 2.75) is 12.6 Å². The minimum Gasteiger partial charge on any atom is -0.387 e. The second kappa shape index (κ2) is 7.25. The van der Waals surface area contributed by atoms with E-state index in [-0.39, 0.29) is 0 Å². The molecule has 0 amide bonds. The Kier molecular flexibility index (Phi) is 5.64. The Bertz CT molecular complexity index is 555. The highest BCUT2D eigenvalue weighted by Gasteiger charge is 2.14. The van der Waals surface area contributed by atoms with E-state index in [0.29, 0.717) is 33.9 Å². The Morgan fingerprint density at radius 1 is 1.10 bits per heavy atom. The van der Waals surface area contributed by atoms with Crippen LogP contribution >= 0.6 is 34.8 Å². The maximum atomic E-state index is 10.1. The monoisotopic (exact) mass is 330 g/mol. The van der Waals surface area contributed by atoms with Gasteiger partial charge < -0.3 is 10.4 Å². The summed E-state index contributed by atoms with van der Waals surface area (Å²) in [6.07, 6.45) is 0.918. The van der Waals surface area contributed by atoms with Crippen LogP contribution in [0.15, 0.2) is 36.5 Å². The molecule has 0 aliphatic rings. The van der Waals surface area contributed by atoms with Gasteiger partial charge in [-0.1, -0.05) is 46.9 Å². The molecule has 2 rings (SSSR count). The van der Waals surface area contributed by atoms with Crippen molar-refractivity contribution in [3.8, 4) is 0 Å². The molecule has 0 aliphatic heterocycles. The molecular weight excluding hydrogens is 319 g/mol. The van der Waals surface area contributed by atoms with Gasteiger partial charge in [0.05, 0.1) is 6.10 Å². The molecular formula is C14H13Cl3N2O. The van der Waals surface area contributed by atoms with Crippen molar-refractivity contribution in [3.05, 3.63) is 62.9 Å². The number of aliphatic hydroxyl groups is 1. The van der Waals surface area contributed by atoms with E-state index in [9.17, 15) is 5.11 Å². The molecule has 1 unspecified atom stereocenters. The summed E-state index contributed by atoms with van der Waals surface area (Å²) in [5.74, 6) is 0. The summed E-state index contributed by atoms with van der Waals surface area (Å²) in [6, 6.07) is 8.75. The minimum absolute atomic E-state index is 0.339. The Balaban J connectivity index is 1.92. The first-order valence-electron chi connectivity index (χ1n) is 6.01. The lowest BCUT2D eigenvalue weighted by molar-refractivity contribution is 0.174. The third-order valence-electron chi connectivity index (χ3n) is 2.79. The zero-order chi connectivity index (χ0) is 14.5. The molecule has 0 saturated carbocycles. The number of aromatic nitrogens is 1. The van der Waals surface area contributed by atoms with E-state index in [2.05, 4.69) is 10.3 Å². The first kappa shape index (κ1) is 15.5. The van der Waals surface area contributed by atoms with Crippen LogP contribution in [0.25, 0.3) is 0 Å². The van der Waals surface area contributed by atoms with Crippen molar-refractivity contribution in [1.29, 1.82) is 0 Å². The fraction of sp³-hybridized carbons (Fsp3) is 0.214. The standard InChI is InChI=1S/C14H13Cl3N2O/c15-10-2-1-3-11(16)14(10)12(20)8-18-6-9-4-5-13(17)19-7-9/h1-5,7,12,18,20H,6,8H2. The molecule has 20 heavy (non-hydrogen) atoms. The van der Waals surface area contributed by atoms with Gasteiger partial charge in [-0.05, 0) is 23.8 Å². The summed E-state index contributed by atoms with van der Waals surface area (Å²) in [5.41, 5.74) is 1.52. The van der Waals surface area contributed by atoms with Gasteiger partial charge >= 0.3 is 0 Å². The SMILES string of the molecule is OC(CNCc1ccc(Cl)nc1)c1c(Cl)cccc1Cl. The highest BCUT2D eigenvalue weighted by atomic mass is 35.5. The maximum Gasteiger partial charge on any atom is 0.129 e. The fourth-order valence-electron chi connectivity index (χ4n) is 1.80. The van der Waals surface area contributed by atoms with Crippen LogP contribution in [-0.4, -0.2) is 16.6 Å². The molecule has 0 saturated heterocycles. The molecule has 1 heterocycles. The number of nitrogens with one attached hydrogen (secondary N) is 1. The number of pyridine rings is 1. The summed E-state index contributed by atoms with van der Waals surface area (Å²) in [4.78, 5) is 3.98. The van der Waals surface area contributed by atoms with E-state index >= 15 is 0 Å². The van der Waals surface area contributed by atoms with E-state index in [0.717, 1.165) is 5.56 Å². The predicted octanol–water partition coefficient (Wildman–Crippen LogP) is 3.87. The number of nitrogens with zero attached hydrogens (tertiary/aromatic N) is 1. The van der Waals surface area contributed by atoms with Gasteiger partial charge in [0.1, 0.15) is 5.15 Å². The molecule has 106 valence electrons. The lowest BCUT2D eigenvalue weighted by Gasteiger charge is -2.15. The molecule has 0 spiro atoms. The van der Waals surface area contributed by atoms with Crippen molar-refractivity contribution in [3.63, 3.8) is 0 Å². The van der Waals surface area contributed by atoms with Crippen LogP contribution in [0.3, 0.4) is 0 Å². The fourth-order valence-corrected chi connectivity index (χ4v) is 2.56. The molecule has 2 aromatic rings. The second-order valence-corrected chi connectivity index (χ2v) is 5.47. The van der Waals surface area contributed by atoms with Crippen LogP contribution in [0.4, 0.5) is 0 Å². The van der Waals surface area contributed by atoms with E-state index in [1.165, 1.54) is 0 Å². The second-order valence-electron chi connectivity index (χ2n) is 4.27. The Hall–Kier alpha value is -0.840. The normalized spacial score (nSPS) is 12.4. The quantitative estimate of drug-likeness (QED) is 0.818. The summed E-state index contributed by atoms with van der Waals surface area (Å²) < 4.78 is 0. The molecule has 2 N–H and O–H groups in total. The third kappa shape index (κ3) is 4.08. The molecule has 0 bridgehead atoms. The molecule has 3 nitrogen and oxygen atoms in total. The van der Waals surface area contributed by atoms with Crippen molar-refractivity contribution < 1.29 is 5.11 Å². The molecule has 0 radical (unpaired) electrons. The zero-order valence-corrected chi connectivity index (χ0v) is 12.8. The van der Waals surface area contributed by atoms with E-state index in [1.54, 1.807) is 30.5 Å². The zero-order valence-electron chi connectivity index (χ0n) is 10.5. The van der Waals surface area contributed by atoms with E-state index in [1.807, 2.05) is 6.07 Å². The Labute approximate surface area is 132 Å². The van der Waals surface area contributed by atoms with Crippen LogP contribution < -0.4 is 5.32 Å². The number of hydrogen-bond donors (Lipinski definition) is 2. The van der Waals surface area contributed by atoms with Gasteiger partial charge in [-0.25, -0.2) is 4.98 Å². The van der Waals surface area contributed by atoms with Crippen molar-refractivity contribution >= 4 is 34.8 Å². The van der Waals surface area contributed by atoms with E-state index in [4.69, 9.17) is 34.8 Å². The topological polar surface area (TPSA) is 45.1 Å². The van der Waals surface area contributed by atoms with Gasteiger partial charge in [0.2, 0.25) is 0 Å². The van der Waals surface area contributed by atoms with Crippen LogP contribution in [-0.2, 0) is 6.54 Å². The van der Waals surface area contributed by atoms with Crippen molar-refractivity contribution in [2.24, 2.45) is 0 Å². The third-order valence-corrected chi connectivity index (χ3v) is 3.67. The average Bonchev–Trinajstić information content (AvgIpc) is 2.41. The predicted molar refractivity (Wildman–Crippen MR) is 82.4 cm³/mol. The van der Waals surface area contributed by atoms with Gasteiger partial charge in [0.25, 0.3) is 0 Å². The molecule has 1 aromatic heterocycles. The van der Waals surface area contributed by atoms with Crippen molar-refractivity contribution in [1.82, 2.24) is 10.3 Å². The average molecular weight is 332 g/mol. The number of benzene rings is 1. The molecule has 1 aromatic carbocycles. The molecule has 1 atom stereocenters. The minimum atomic E-state index is -0.767. The van der Waals surface area contributed by atoms with Gasteiger partial charge in [-0.2, -0.15) is 0 Å². The number of halogens is 3. The number of aliphatic hydroxyl groups excluding tert-OH is 1. The number of hydrogen-bond acceptors (Lipinski definition) is 3. The highest BCUT2D eigenvalue weighted by Crippen LogP contribution is 2.29. The Morgan fingerprint density at radius 2 is 1.80 bits per heavy atom. The first-order valence-corrected chi connectivity index (χ1v) is 7.14. The molecule has 0 fully saturated rings. The summed E-state index contributed by atoms with van der Waals surface area (Å²) in [6.45, 7) is 0.912. The summed E-state index contributed by atoms with van der Waals surface area (Å²) in [5, 5.41) is 14.6. The van der Waals surface area contributed by atoms with Crippen LogP contribution in [0.5, 0.6) is 0 Å². The van der Waals surface area contributed by atoms with Crippen LogP contribution in [0.1, 0.15) is 17.2 Å². The maximum absolute atomic E-state index is 10.1. The van der Waals surface area contributed by atoms with Gasteiger partial charge in [0.15, 0.2) is 0 Å². The largest absolute Gasteiger partial charge is 0.387 e. The van der Waals surface area contributed by atoms with Crippen LogP contribution in [0, 0.1) is 0 Å². The first-order chi connectivity index (χ1) is 9.58. The smallest absolute Gasteiger partial charge is 0.129 e. The van der Waals surface area contributed by atoms with Crippen LogP contribution in [0.2, 0.25) is 15.2 Å².